The van der Waals surface area contributed by atoms with Gasteiger partial charge in [0.2, 0.25) is 0 Å². The Kier molecular flexibility index (Phi) is 7.28. The molecule has 21 heavy (non-hydrogen) atoms. The van der Waals surface area contributed by atoms with Crippen LogP contribution in [0, 0.1) is 5.92 Å². The fourth-order valence-corrected chi connectivity index (χ4v) is 2.24. The van der Waals surface area contributed by atoms with Crippen LogP contribution >= 0.6 is 24.0 Å². The van der Waals surface area contributed by atoms with Crippen LogP contribution in [0.4, 0.5) is 0 Å². The third-order valence-electron chi connectivity index (χ3n) is 3.76. The number of benzene rings is 1. The van der Waals surface area contributed by atoms with Crippen molar-refractivity contribution >= 4 is 29.9 Å². The van der Waals surface area contributed by atoms with Crippen molar-refractivity contribution in [1.29, 1.82) is 0 Å². The fourth-order valence-electron chi connectivity index (χ4n) is 2.24. The van der Waals surface area contributed by atoms with E-state index in [2.05, 4.69) is 28.9 Å². The van der Waals surface area contributed by atoms with Crippen molar-refractivity contribution in [3.63, 3.8) is 0 Å². The Bertz CT molecular complexity index is 457. The van der Waals surface area contributed by atoms with Gasteiger partial charge in [0.25, 0.3) is 0 Å². The van der Waals surface area contributed by atoms with Crippen LogP contribution in [-0.4, -0.2) is 37.6 Å². The van der Waals surface area contributed by atoms with E-state index in [4.69, 9.17) is 10.5 Å². The average molecular weight is 403 g/mol. The van der Waals surface area contributed by atoms with E-state index in [1.165, 1.54) is 18.4 Å². The van der Waals surface area contributed by atoms with Gasteiger partial charge in [0, 0.05) is 19.6 Å². The maximum absolute atomic E-state index is 6.00. The first-order valence-corrected chi connectivity index (χ1v) is 7.26. The van der Waals surface area contributed by atoms with E-state index in [0.717, 1.165) is 18.7 Å². The van der Waals surface area contributed by atoms with E-state index in [1.807, 2.05) is 19.2 Å². The zero-order valence-corrected chi connectivity index (χ0v) is 15.4. The topological polar surface area (TPSA) is 50.9 Å². The molecule has 0 amide bonds. The van der Waals surface area contributed by atoms with E-state index in [1.54, 1.807) is 7.11 Å². The first-order valence-electron chi connectivity index (χ1n) is 7.26. The normalized spacial score (nSPS) is 16.0. The predicted octanol–water partition coefficient (Wildman–Crippen LogP) is 2.90. The first-order chi connectivity index (χ1) is 9.60. The molecule has 1 aliphatic rings. The molecule has 0 heterocycles. The highest BCUT2D eigenvalue weighted by atomic mass is 127. The molecule has 0 saturated heterocycles. The Morgan fingerprint density at radius 3 is 2.52 bits per heavy atom. The number of hydrogen-bond donors (Lipinski definition) is 1. The third kappa shape index (κ3) is 5.73. The van der Waals surface area contributed by atoms with Crippen LogP contribution in [0.3, 0.4) is 0 Å². The molecule has 0 spiro atoms. The molecular formula is C16H26IN3O. The van der Waals surface area contributed by atoms with Crippen LogP contribution in [0.25, 0.3) is 0 Å². The lowest BCUT2D eigenvalue weighted by atomic mass is 10.0. The number of hydrogen-bond acceptors (Lipinski definition) is 2. The lowest BCUT2D eigenvalue weighted by Crippen LogP contribution is -2.36. The largest absolute Gasteiger partial charge is 0.497 e. The molecule has 118 valence electrons. The molecule has 0 aliphatic heterocycles. The van der Waals surface area contributed by atoms with Crippen LogP contribution in [0.2, 0.25) is 0 Å². The van der Waals surface area contributed by atoms with Crippen LogP contribution in [-0.2, 0) is 6.42 Å². The summed E-state index contributed by atoms with van der Waals surface area (Å²) in [6.07, 6.45) is 3.50. The first kappa shape index (κ1) is 18.1. The van der Waals surface area contributed by atoms with Gasteiger partial charge in [-0.2, -0.15) is 0 Å². The second-order valence-corrected chi connectivity index (χ2v) is 5.70. The molecule has 2 N–H and O–H groups in total. The van der Waals surface area contributed by atoms with Gasteiger partial charge in [-0.1, -0.05) is 19.1 Å². The van der Waals surface area contributed by atoms with Crippen LogP contribution in [0.1, 0.15) is 25.3 Å². The van der Waals surface area contributed by atoms with E-state index in [9.17, 15) is 0 Å². The number of guanidine groups is 1. The maximum Gasteiger partial charge on any atom is 0.191 e. The van der Waals surface area contributed by atoms with Crippen LogP contribution in [0.5, 0.6) is 5.75 Å². The lowest BCUT2D eigenvalue weighted by molar-refractivity contribution is 0.414. The second-order valence-electron chi connectivity index (χ2n) is 5.70. The summed E-state index contributed by atoms with van der Waals surface area (Å²) in [5.74, 6) is 2.05. The summed E-state index contributed by atoms with van der Waals surface area (Å²) in [5, 5.41) is 0. The molecule has 0 bridgehead atoms. The van der Waals surface area contributed by atoms with Gasteiger partial charge in [-0.05, 0) is 42.9 Å². The Balaban J connectivity index is 0.00000220. The molecule has 1 aromatic rings. The van der Waals surface area contributed by atoms with Crippen molar-refractivity contribution < 1.29 is 4.74 Å². The molecule has 1 saturated carbocycles. The monoisotopic (exact) mass is 403 g/mol. The zero-order chi connectivity index (χ0) is 14.5. The van der Waals surface area contributed by atoms with Gasteiger partial charge in [-0.25, -0.2) is 0 Å². The van der Waals surface area contributed by atoms with Gasteiger partial charge in [-0.15, -0.1) is 24.0 Å². The number of methoxy groups -OCH3 is 1. The molecule has 1 aliphatic carbocycles. The third-order valence-corrected chi connectivity index (χ3v) is 3.76. The van der Waals surface area contributed by atoms with Gasteiger partial charge in [0.05, 0.1) is 7.11 Å². The average Bonchev–Trinajstić information content (AvgIpc) is 3.29. The van der Waals surface area contributed by atoms with Gasteiger partial charge < -0.3 is 15.4 Å². The SMILES string of the molecule is COc1ccc(CC(C)CN=C(N)N(C)C2CC2)cc1.I. The Morgan fingerprint density at radius 1 is 1.38 bits per heavy atom. The summed E-state index contributed by atoms with van der Waals surface area (Å²) < 4.78 is 5.16. The standard InChI is InChI=1S/C16H25N3O.HI/c1-12(10-13-4-8-15(20-3)9-5-13)11-18-16(17)19(2)14-6-7-14;/h4-5,8-9,12,14H,6-7,10-11H2,1-3H3,(H2,17,18);1H. The zero-order valence-electron chi connectivity index (χ0n) is 13.1. The quantitative estimate of drug-likeness (QED) is 0.452. The highest BCUT2D eigenvalue weighted by molar-refractivity contribution is 14.0. The molecule has 1 atom stereocenters. The summed E-state index contributed by atoms with van der Waals surface area (Å²) in [6, 6.07) is 8.84. The number of nitrogens with zero attached hydrogens (tertiary/aromatic N) is 2. The van der Waals surface area contributed by atoms with E-state index >= 15 is 0 Å². The minimum absolute atomic E-state index is 0. The molecule has 1 unspecified atom stereocenters. The number of ether oxygens (including phenoxy) is 1. The minimum atomic E-state index is 0. The number of nitrogens with two attached hydrogens (primary N) is 1. The molecule has 1 fully saturated rings. The Morgan fingerprint density at radius 2 is 2.00 bits per heavy atom. The van der Waals surface area contributed by atoms with E-state index in [-0.39, 0.29) is 24.0 Å². The van der Waals surface area contributed by atoms with Crippen LogP contribution in [0.15, 0.2) is 29.3 Å². The van der Waals surface area contributed by atoms with E-state index < -0.39 is 0 Å². The number of rotatable bonds is 6. The molecule has 0 aromatic heterocycles. The minimum Gasteiger partial charge on any atom is -0.497 e. The summed E-state index contributed by atoms with van der Waals surface area (Å²) in [5.41, 5.74) is 7.31. The van der Waals surface area contributed by atoms with Crippen molar-refractivity contribution in [3.05, 3.63) is 29.8 Å². The van der Waals surface area contributed by atoms with Gasteiger partial charge in [0.15, 0.2) is 5.96 Å². The maximum atomic E-state index is 6.00. The predicted molar refractivity (Wildman–Crippen MR) is 98.6 cm³/mol. The summed E-state index contributed by atoms with van der Waals surface area (Å²) in [6.45, 7) is 2.98. The Labute approximate surface area is 144 Å². The van der Waals surface area contributed by atoms with Crippen molar-refractivity contribution in [2.75, 3.05) is 20.7 Å². The smallest absolute Gasteiger partial charge is 0.191 e. The van der Waals surface area contributed by atoms with Crippen LogP contribution < -0.4 is 10.5 Å². The highest BCUT2D eigenvalue weighted by Gasteiger charge is 2.27. The van der Waals surface area contributed by atoms with Crippen molar-refractivity contribution in [2.45, 2.75) is 32.2 Å². The van der Waals surface area contributed by atoms with E-state index in [0.29, 0.717) is 17.9 Å². The number of halogens is 1. The molecule has 4 nitrogen and oxygen atoms in total. The second kappa shape index (κ2) is 8.46. The molecule has 1 aromatic carbocycles. The summed E-state index contributed by atoms with van der Waals surface area (Å²) >= 11 is 0. The summed E-state index contributed by atoms with van der Waals surface area (Å²) in [7, 11) is 3.72. The highest BCUT2D eigenvalue weighted by Crippen LogP contribution is 2.25. The Hall–Kier alpha value is -0.980. The fraction of sp³-hybridized carbons (Fsp3) is 0.562. The van der Waals surface area contributed by atoms with Gasteiger partial charge in [0.1, 0.15) is 5.75 Å². The molecular weight excluding hydrogens is 377 g/mol. The van der Waals surface area contributed by atoms with Crippen molar-refractivity contribution in [1.82, 2.24) is 4.90 Å². The van der Waals surface area contributed by atoms with Crippen molar-refractivity contribution in [3.8, 4) is 5.75 Å². The molecule has 2 rings (SSSR count). The molecule has 0 radical (unpaired) electrons. The van der Waals surface area contributed by atoms with Crippen molar-refractivity contribution in [2.24, 2.45) is 16.6 Å². The molecule has 5 heteroatoms. The van der Waals surface area contributed by atoms with Gasteiger partial charge >= 0.3 is 0 Å². The lowest BCUT2D eigenvalue weighted by Gasteiger charge is -2.18. The summed E-state index contributed by atoms with van der Waals surface area (Å²) in [4.78, 5) is 6.61. The van der Waals surface area contributed by atoms with Gasteiger partial charge in [-0.3, -0.25) is 4.99 Å². The number of aliphatic imine (C=N–C) groups is 1.